The van der Waals surface area contributed by atoms with Crippen LogP contribution >= 0.6 is 0 Å². The molecule has 1 fully saturated rings. The quantitative estimate of drug-likeness (QED) is 0.591. The van der Waals surface area contributed by atoms with Gasteiger partial charge in [-0.05, 0) is 47.1 Å². The van der Waals surface area contributed by atoms with Crippen LogP contribution < -0.4 is 0 Å². The molecule has 2 unspecified atom stereocenters. The number of carbonyl (C=O) groups excluding carboxylic acids is 1. The maximum absolute atomic E-state index is 12.9. The zero-order valence-electron chi connectivity index (χ0n) is 16.0. The third kappa shape index (κ3) is 4.37. The highest BCUT2D eigenvalue weighted by atomic mass is 16.5. The third-order valence-electron chi connectivity index (χ3n) is 5.38. The maximum atomic E-state index is 12.9. The van der Waals surface area contributed by atoms with Gasteiger partial charge in [-0.2, -0.15) is 0 Å². The van der Waals surface area contributed by atoms with Crippen molar-refractivity contribution < 1.29 is 19.4 Å². The summed E-state index contributed by atoms with van der Waals surface area (Å²) in [5, 5.41) is 9.36. The summed E-state index contributed by atoms with van der Waals surface area (Å²) in [6, 6.07) is 25.0. The Morgan fingerprint density at radius 2 is 1.52 bits per heavy atom. The number of benzene rings is 3. The van der Waals surface area contributed by atoms with Crippen LogP contribution in [0.25, 0.3) is 0 Å². The van der Waals surface area contributed by atoms with E-state index in [4.69, 9.17) is 4.74 Å². The number of esters is 1. The number of carbonyl (C=O) groups is 2. The Hall–Kier alpha value is -3.40. The Morgan fingerprint density at radius 3 is 2.14 bits per heavy atom. The van der Waals surface area contributed by atoms with Gasteiger partial charge in [0.2, 0.25) is 0 Å². The van der Waals surface area contributed by atoms with Gasteiger partial charge >= 0.3 is 11.9 Å². The number of aliphatic carboxylic acids is 1. The minimum absolute atomic E-state index is 0.0481. The highest BCUT2D eigenvalue weighted by Crippen LogP contribution is 2.49. The zero-order chi connectivity index (χ0) is 20.2. The van der Waals surface area contributed by atoms with Gasteiger partial charge in [-0.3, -0.25) is 4.79 Å². The smallest absolute Gasteiger partial charge is 0.338 e. The van der Waals surface area contributed by atoms with E-state index in [1.54, 1.807) is 6.07 Å². The molecule has 29 heavy (non-hydrogen) atoms. The molecule has 1 aliphatic rings. The van der Waals surface area contributed by atoms with Gasteiger partial charge < -0.3 is 9.84 Å². The minimum Gasteiger partial charge on any atom is -0.481 e. The van der Waals surface area contributed by atoms with Crippen molar-refractivity contribution in [2.75, 3.05) is 0 Å². The zero-order valence-corrected chi connectivity index (χ0v) is 16.0. The van der Waals surface area contributed by atoms with Crippen LogP contribution in [0.1, 0.15) is 45.0 Å². The van der Waals surface area contributed by atoms with E-state index in [0.717, 1.165) is 22.3 Å². The molecule has 3 aromatic rings. The SMILES string of the molecule is O=C(OCc1ccccc1)c1cccc(C2CC2C(=O)O)c1Cc1ccccc1. The van der Waals surface area contributed by atoms with E-state index in [-0.39, 0.29) is 24.4 Å². The van der Waals surface area contributed by atoms with E-state index >= 15 is 0 Å². The number of hydrogen-bond donors (Lipinski definition) is 1. The average Bonchev–Trinajstić information content (AvgIpc) is 3.55. The maximum Gasteiger partial charge on any atom is 0.338 e. The van der Waals surface area contributed by atoms with Crippen LogP contribution in [-0.4, -0.2) is 17.0 Å². The van der Waals surface area contributed by atoms with Gasteiger partial charge in [0.1, 0.15) is 6.61 Å². The summed E-state index contributed by atoms with van der Waals surface area (Å²) in [5.74, 6) is -1.58. The van der Waals surface area contributed by atoms with Gasteiger partial charge in [0.25, 0.3) is 0 Å². The third-order valence-corrected chi connectivity index (χ3v) is 5.38. The van der Waals surface area contributed by atoms with Crippen molar-refractivity contribution in [3.63, 3.8) is 0 Å². The molecule has 0 aliphatic heterocycles. The summed E-state index contributed by atoms with van der Waals surface area (Å²) < 4.78 is 5.57. The molecule has 0 saturated heterocycles. The fourth-order valence-corrected chi connectivity index (χ4v) is 3.75. The summed E-state index contributed by atoms with van der Waals surface area (Å²) in [4.78, 5) is 24.3. The topological polar surface area (TPSA) is 63.6 Å². The van der Waals surface area contributed by atoms with Crippen molar-refractivity contribution in [3.05, 3.63) is 107 Å². The molecular weight excluding hydrogens is 364 g/mol. The van der Waals surface area contributed by atoms with Gasteiger partial charge in [-0.25, -0.2) is 4.79 Å². The lowest BCUT2D eigenvalue weighted by atomic mass is 9.91. The Bertz CT molecular complexity index is 1010. The molecule has 4 rings (SSSR count). The first-order chi connectivity index (χ1) is 14.1. The van der Waals surface area contributed by atoms with Gasteiger partial charge in [-0.15, -0.1) is 0 Å². The molecule has 1 saturated carbocycles. The fourth-order valence-electron chi connectivity index (χ4n) is 3.75. The minimum atomic E-state index is -0.780. The van der Waals surface area contributed by atoms with Crippen molar-refractivity contribution in [2.45, 2.75) is 25.4 Å². The number of carboxylic acid groups (broad SMARTS) is 1. The molecule has 1 aliphatic carbocycles. The molecule has 1 N–H and O–H groups in total. The summed E-state index contributed by atoms with van der Waals surface area (Å²) in [5.41, 5.74) is 4.32. The van der Waals surface area contributed by atoms with E-state index in [2.05, 4.69) is 0 Å². The van der Waals surface area contributed by atoms with Crippen LogP contribution in [0.5, 0.6) is 0 Å². The summed E-state index contributed by atoms with van der Waals surface area (Å²) >= 11 is 0. The van der Waals surface area contributed by atoms with Crippen LogP contribution in [0.15, 0.2) is 78.9 Å². The largest absolute Gasteiger partial charge is 0.481 e. The molecule has 4 heteroatoms. The van der Waals surface area contributed by atoms with Gasteiger partial charge in [0.05, 0.1) is 11.5 Å². The van der Waals surface area contributed by atoms with Crippen LogP contribution in [0.2, 0.25) is 0 Å². The molecule has 0 heterocycles. The first-order valence-corrected chi connectivity index (χ1v) is 9.73. The lowest BCUT2D eigenvalue weighted by molar-refractivity contribution is -0.138. The molecule has 0 amide bonds. The normalized spacial score (nSPS) is 17.5. The van der Waals surface area contributed by atoms with E-state index in [0.29, 0.717) is 18.4 Å². The van der Waals surface area contributed by atoms with E-state index in [9.17, 15) is 14.7 Å². The Morgan fingerprint density at radius 1 is 0.862 bits per heavy atom. The van der Waals surface area contributed by atoms with Gasteiger partial charge in [-0.1, -0.05) is 72.8 Å². The Balaban J connectivity index is 1.63. The molecule has 146 valence electrons. The second-order valence-electron chi connectivity index (χ2n) is 7.38. The second kappa shape index (κ2) is 8.31. The first-order valence-electron chi connectivity index (χ1n) is 9.73. The van der Waals surface area contributed by atoms with Gasteiger partial charge in [0.15, 0.2) is 0 Å². The number of hydrogen-bond acceptors (Lipinski definition) is 3. The molecule has 2 atom stereocenters. The standard InChI is InChI=1S/C25H22O4/c26-24(27)23-15-22(23)19-12-7-13-20(21(19)14-17-8-3-1-4-9-17)25(28)29-16-18-10-5-2-6-11-18/h1-13,22-23H,14-16H2,(H,26,27). The number of carboxylic acids is 1. The van der Waals surface area contributed by atoms with Crippen molar-refractivity contribution >= 4 is 11.9 Å². The Labute approximate surface area is 169 Å². The summed E-state index contributed by atoms with van der Waals surface area (Å²) in [6.07, 6.45) is 1.18. The van der Waals surface area contributed by atoms with Crippen molar-refractivity contribution in [1.29, 1.82) is 0 Å². The molecule has 0 spiro atoms. The molecule has 3 aromatic carbocycles. The predicted molar refractivity (Wildman–Crippen MR) is 110 cm³/mol. The van der Waals surface area contributed by atoms with Crippen LogP contribution in [0.4, 0.5) is 0 Å². The molecule has 0 bridgehead atoms. The summed E-state index contributed by atoms with van der Waals surface area (Å²) in [6.45, 7) is 0.204. The lowest BCUT2D eigenvalue weighted by Gasteiger charge is -2.15. The number of rotatable bonds is 7. The highest BCUT2D eigenvalue weighted by molar-refractivity contribution is 5.92. The monoisotopic (exact) mass is 386 g/mol. The first kappa shape index (κ1) is 18.9. The van der Waals surface area contributed by atoms with E-state index < -0.39 is 5.97 Å². The van der Waals surface area contributed by atoms with Crippen LogP contribution in [0.3, 0.4) is 0 Å². The van der Waals surface area contributed by atoms with Gasteiger partial charge in [0, 0.05) is 0 Å². The van der Waals surface area contributed by atoms with Crippen molar-refractivity contribution in [1.82, 2.24) is 0 Å². The molecular formula is C25H22O4. The summed E-state index contributed by atoms with van der Waals surface area (Å²) in [7, 11) is 0. The fraction of sp³-hybridized carbons (Fsp3) is 0.200. The molecule has 0 radical (unpaired) electrons. The van der Waals surface area contributed by atoms with Crippen molar-refractivity contribution in [3.8, 4) is 0 Å². The number of ether oxygens (including phenoxy) is 1. The Kier molecular flexibility index (Phi) is 5.43. The van der Waals surface area contributed by atoms with Crippen LogP contribution in [-0.2, 0) is 22.6 Å². The second-order valence-corrected chi connectivity index (χ2v) is 7.38. The van der Waals surface area contributed by atoms with Crippen LogP contribution in [0, 0.1) is 5.92 Å². The lowest BCUT2D eigenvalue weighted by Crippen LogP contribution is -2.11. The predicted octanol–water partition coefficient (Wildman–Crippen LogP) is 4.82. The van der Waals surface area contributed by atoms with E-state index in [1.165, 1.54) is 0 Å². The molecule has 0 aromatic heterocycles. The van der Waals surface area contributed by atoms with E-state index in [1.807, 2.05) is 72.8 Å². The molecule has 4 nitrogen and oxygen atoms in total. The highest BCUT2D eigenvalue weighted by Gasteiger charge is 2.45. The average molecular weight is 386 g/mol. The van der Waals surface area contributed by atoms with Crippen molar-refractivity contribution in [2.24, 2.45) is 5.92 Å².